The summed E-state index contributed by atoms with van der Waals surface area (Å²) in [6, 6.07) is 22.6. The van der Waals surface area contributed by atoms with Crippen molar-refractivity contribution in [1.29, 1.82) is 0 Å². The number of carbonyl (C=O) groups excluding carboxylic acids is 1. The van der Waals surface area contributed by atoms with Crippen LogP contribution in [0.5, 0.6) is 5.75 Å². The quantitative estimate of drug-likeness (QED) is 0.618. The lowest BCUT2D eigenvalue weighted by Gasteiger charge is -2.25. The van der Waals surface area contributed by atoms with Crippen LogP contribution in [-0.4, -0.2) is 5.78 Å². The molecule has 126 valence electrons. The number of hydrogen-bond donors (Lipinski definition) is 0. The second kappa shape index (κ2) is 7.10. The van der Waals surface area contributed by atoms with E-state index in [4.69, 9.17) is 4.74 Å². The van der Waals surface area contributed by atoms with Crippen molar-refractivity contribution in [3.8, 4) is 5.75 Å². The smallest absolute Gasteiger partial charge is 0.140 e. The molecule has 2 heteroatoms. The van der Waals surface area contributed by atoms with E-state index in [9.17, 15) is 4.79 Å². The molecule has 0 aromatic heterocycles. The van der Waals surface area contributed by atoms with Gasteiger partial charge in [0.05, 0.1) is 0 Å². The van der Waals surface area contributed by atoms with Gasteiger partial charge in [-0.15, -0.1) is 0 Å². The van der Waals surface area contributed by atoms with Crippen molar-refractivity contribution >= 4 is 16.6 Å². The number of fused-ring (bicyclic) bond motifs is 1. The second-order valence-corrected chi connectivity index (χ2v) is 6.74. The fourth-order valence-corrected chi connectivity index (χ4v) is 3.78. The molecule has 0 bridgehead atoms. The van der Waals surface area contributed by atoms with Crippen LogP contribution in [0.1, 0.15) is 42.7 Å². The predicted molar refractivity (Wildman–Crippen MR) is 101 cm³/mol. The summed E-state index contributed by atoms with van der Waals surface area (Å²) >= 11 is 0. The number of Topliss-reactive ketones (excluding diaryl/α,β-unsaturated/α-hetero) is 1. The highest BCUT2D eigenvalue weighted by atomic mass is 16.5. The summed E-state index contributed by atoms with van der Waals surface area (Å²) in [4.78, 5) is 12.6. The minimum atomic E-state index is -0.0365. The van der Waals surface area contributed by atoms with Gasteiger partial charge in [0.25, 0.3) is 0 Å². The largest absolute Gasteiger partial charge is 0.489 e. The van der Waals surface area contributed by atoms with Crippen LogP contribution in [0, 0.1) is 0 Å². The maximum absolute atomic E-state index is 12.6. The van der Waals surface area contributed by atoms with Gasteiger partial charge in [0.15, 0.2) is 0 Å². The van der Waals surface area contributed by atoms with Gasteiger partial charge < -0.3 is 4.74 Å². The van der Waals surface area contributed by atoms with Crippen molar-refractivity contribution < 1.29 is 9.53 Å². The van der Waals surface area contributed by atoms with Gasteiger partial charge in [-0.05, 0) is 35.2 Å². The Balaban J connectivity index is 1.75. The molecule has 0 N–H and O–H groups in total. The lowest BCUT2D eigenvalue weighted by molar-refractivity contribution is -0.121. The summed E-state index contributed by atoms with van der Waals surface area (Å²) in [5.74, 6) is 1.17. The molecular weight excluding hydrogens is 308 g/mol. The molecule has 2 nitrogen and oxygen atoms in total. The van der Waals surface area contributed by atoms with Gasteiger partial charge in [0.1, 0.15) is 18.1 Å². The molecule has 4 rings (SSSR count). The summed E-state index contributed by atoms with van der Waals surface area (Å²) in [7, 11) is 0. The molecule has 1 unspecified atom stereocenters. The highest BCUT2D eigenvalue weighted by Crippen LogP contribution is 2.40. The van der Waals surface area contributed by atoms with E-state index in [1.165, 1.54) is 5.39 Å². The van der Waals surface area contributed by atoms with Crippen LogP contribution in [0.4, 0.5) is 0 Å². The number of ketones is 1. The monoisotopic (exact) mass is 330 g/mol. The van der Waals surface area contributed by atoms with E-state index in [-0.39, 0.29) is 5.92 Å². The highest BCUT2D eigenvalue weighted by molar-refractivity contribution is 5.95. The molecule has 1 aliphatic carbocycles. The van der Waals surface area contributed by atoms with Gasteiger partial charge in [-0.3, -0.25) is 4.79 Å². The first-order chi connectivity index (χ1) is 12.3. The molecule has 1 aliphatic rings. The number of rotatable bonds is 4. The zero-order valence-corrected chi connectivity index (χ0v) is 14.3. The fraction of sp³-hybridized carbons (Fsp3) is 0.261. The molecule has 0 aliphatic heterocycles. The average molecular weight is 330 g/mol. The highest BCUT2D eigenvalue weighted by Gasteiger charge is 2.28. The van der Waals surface area contributed by atoms with Gasteiger partial charge in [-0.25, -0.2) is 0 Å². The fourth-order valence-electron chi connectivity index (χ4n) is 3.78. The summed E-state index contributed by atoms with van der Waals surface area (Å²) in [6.45, 7) is 0.521. The Morgan fingerprint density at radius 3 is 2.52 bits per heavy atom. The molecule has 25 heavy (non-hydrogen) atoms. The Morgan fingerprint density at radius 2 is 1.68 bits per heavy atom. The summed E-state index contributed by atoms with van der Waals surface area (Å²) < 4.78 is 6.18. The number of ether oxygens (including phenoxy) is 1. The third kappa shape index (κ3) is 3.30. The van der Waals surface area contributed by atoms with Crippen LogP contribution in [0.3, 0.4) is 0 Å². The zero-order chi connectivity index (χ0) is 17.1. The van der Waals surface area contributed by atoms with Crippen LogP contribution in [-0.2, 0) is 11.4 Å². The van der Waals surface area contributed by atoms with E-state index in [1.807, 2.05) is 36.4 Å². The summed E-state index contributed by atoms with van der Waals surface area (Å²) in [5, 5.41) is 2.32. The Labute approximate surface area is 148 Å². The Hall–Kier alpha value is -2.61. The van der Waals surface area contributed by atoms with Gasteiger partial charge in [0, 0.05) is 17.9 Å². The van der Waals surface area contributed by atoms with Crippen LogP contribution in [0.25, 0.3) is 10.8 Å². The summed E-state index contributed by atoms with van der Waals surface area (Å²) in [5.41, 5.74) is 2.22. The first-order valence-corrected chi connectivity index (χ1v) is 9.04. The second-order valence-electron chi connectivity index (χ2n) is 6.74. The van der Waals surface area contributed by atoms with Crippen molar-refractivity contribution in [2.24, 2.45) is 0 Å². The molecule has 0 saturated heterocycles. The standard InChI is InChI=1S/C23H22O2/c24-21-13-7-6-12-20(21)23-19-11-5-4-10-18(19)14-15-22(23)25-16-17-8-2-1-3-9-17/h1-5,8-11,14-15,20H,6-7,12-13,16H2. The number of hydrogen-bond acceptors (Lipinski definition) is 2. The first-order valence-electron chi connectivity index (χ1n) is 9.04. The molecule has 1 fully saturated rings. The van der Waals surface area contributed by atoms with Crippen LogP contribution < -0.4 is 4.74 Å². The molecule has 0 heterocycles. The Kier molecular flexibility index (Phi) is 4.51. The van der Waals surface area contributed by atoms with Crippen molar-refractivity contribution in [3.63, 3.8) is 0 Å². The lowest BCUT2D eigenvalue weighted by atomic mass is 9.80. The van der Waals surface area contributed by atoms with Crippen LogP contribution in [0.2, 0.25) is 0 Å². The van der Waals surface area contributed by atoms with Gasteiger partial charge in [-0.2, -0.15) is 0 Å². The van der Waals surface area contributed by atoms with Crippen molar-refractivity contribution in [3.05, 3.63) is 77.9 Å². The Morgan fingerprint density at radius 1 is 0.880 bits per heavy atom. The minimum absolute atomic E-state index is 0.0365. The maximum atomic E-state index is 12.6. The molecule has 1 atom stereocenters. The van der Waals surface area contributed by atoms with Crippen molar-refractivity contribution in [2.75, 3.05) is 0 Å². The van der Waals surface area contributed by atoms with Crippen molar-refractivity contribution in [2.45, 2.75) is 38.2 Å². The molecule has 0 radical (unpaired) electrons. The maximum Gasteiger partial charge on any atom is 0.140 e. The SMILES string of the molecule is O=C1CCCCC1c1c(OCc2ccccc2)ccc2ccccc12. The number of benzene rings is 3. The molecule has 1 saturated carbocycles. The lowest BCUT2D eigenvalue weighted by Crippen LogP contribution is -2.18. The van der Waals surface area contributed by atoms with Gasteiger partial charge >= 0.3 is 0 Å². The van der Waals surface area contributed by atoms with E-state index in [0.717, 1.165) is 41.5 Å². The molecule has 3 aromatic carbocycles. The minimum Gasteiger partial charge on any atom is -0.489 e. The number of carbonyl (C=O) groups is 1. The van der Waals surface area contributed by atoms with Gasteiger partial charge in [-0.1, -0.05) is 67.1 Å². The Bertz CT molecular complexity index is 883. The van der Waals surface area contributed by atoms with E-state index in [1.54, 1.807) is 0 Å². The topological polar surface area (TPSA) is 26.3 Å². The first kappa shape index (κ1) is 15.9. The van der Waals surface area contributed by atoms with E-state index >= 15 is 0 Å². The normalized spacial score (nSPS) is 17.6. The van der Waals surface area contributed by atoms with Crippen molar-refractivity contribution in [1.82, 2.24) is 0 Å². The third-order valence-electron chi connectivity index (χ3n) is 5.07. The third-order valence-corrected chi connectivity index (χ3v) is 5.07. The molecule has 3 aromatic rings. The molecule has 0 spiro atoms. The molecule has 0 amide bonds. The zero-order valence-electron chi connectivity index (χ0n) is 14.3. The summed E-state index contributed by atoms with van der Waals surface area (Å²) in [6.07, 6.45) is 3.73. The average Bonchev–Trinajstić information content (AvgIpc) is 2.67. The van der Waals surface area contributed by atoms with E-state index < -0.39 is 0 Å². The van der Waals surface area contributed by atoms with Crippen LogP contribution >= 0.6 is 0 Å². The molecular formula is C23H22O2. The predicted octanol–water partition coefficient (Wildman–Crippen LogP) is 5.65. The van der Waals surface area contributed by atoms with E-state index in [2.05, 4.69) is 30.3 Å². The van der Waals surface area contributed by atoms with Crippen LogP contribution in [0.15, 0.2) is 66.7 Å². The van der Waals surface area contributed by atoms with E-state index in [0.29, 0.717) is 18.8 Å². The van der Waals surface area contributed by atoms with Gasteiger partial charge in [0.2, 0.25) is 0 Å².